The van der Waals surface area contributed by atoms with E-state index in [9.17, 15) is 5.11 Å². The summed E-state index contributed by atoms with van der Waals surface area (Å²) >= 11 is 1.84. The molecule has 1 aliphatic rings. The van der Waals surface area contributed by atoms with Gasteiger partial charge in [0.1, 0.15) is 11.8 Å². The molecule has 2 unspecified atom stereocenters. The molecule has 1 N–H and O–H groups in total. The monoisotopic (exact) mass is 256 g/mol. The van der Waals surface area contributed by atoms with E-state index in [0.717, 1.165) is 17.9 Å². The van der Waals surface area contributed by atoms with Gasteiger partial charge in [0.25, 0.3) is 0 Å². The Bertz CT molecular complexity index is 373. The molecule has 0 saturated carbocycles. The van der Waals surface area contributed by atoms with E-state index in [1.165, 1.54) is 6.42 Å². The number of hydrogen-bond acceptors (Lipinski definition) is 4. The van der Waals surface area contributed by atoms with Gasteiger partial charge in [0.05, 0.1) is 13.3 Å². The minimum atomic E-state index is -0.484. The number of aromatic nitrogens is 2. The zero-order valence-corrected chi connectivity index (χ0v) is 11.4. The summed E-state index contributed by atoms with van der Waals surface area (Å²) in [5, 5.41) is 15.1. The molecular formula is C12H20N2O2S. The molecule has 0 aromatic carbocycles. The van der Waals surface area contributed by atoms with Crippen molar-refractivity contribution in [2.24, 2.45) is 0 Å². The Hall–Kier alpha value is -0.680. The first-order chi connectivity index (χ1) is 8.15. The van der Waals surface area contributed by atoms with Crippen LogP contribution in [0.3, 0.4) is 0 Å². The number of aliphatic hydroxyl groups is 1. The van der Waals surface area contributed by atoms with Gasteiger partial charge in [-0.2, -0.15) is 16.9 Å². The standard InChI is InChI=1S/C12H20N2O2S/c1-8(2)14-11(9(16-3)7-13-14)12(15)10-5-4-6-17-10/h7-8,10,12,15H,4-6H2,1-3H3. The van der Waals surface area contributed by atoms with Crippen LogP contribution in [0, 0.1) is 0 Å². The predicted octanol–water partition coefficient (Wildman–Crippen LogP) is 2.40. The highest BCUT2D eigenvalue weighted by Crippen LogP contribution is 2.39. The maximum atomic E-state index is 10.5. The van der Waals surface area contributed by atoms with E-state index < -0.39 is 6.10 Å². The highest BCUT2D eigenvalue weighted by molar-refractivity contribution is 8.00. The Balaban J connectivity index is 2.30. The maximum Gasteiger partial charge on any atom is 0.162 e. The molecule has 0 aliphatic carbocycles. The molecule has 1 aromatic heterocycles. The molecule has 17 heavy (non-hydrogen) atoms. The average Bonchev–Trinajstić information content (AvgIpc) is 2.96. The lowest BCUT2D eigenvalue weighted by atomic mass is 10.1. The summed E-state index contributed by atoms with van der Waals surface area (Å²) < 4.78 is 7.17. The van der Waals surface area contributed by atoms with Crippen molar-refractivity contribution < 1.29 is 9.84 Å². The summed E-state index contributed by atoms with van der Waals surface area (Å²) in [6.07, 6.45) is 3.46. The molecule has 1 saturated heterocycles. The molecule has 1 aliphatic heterocycles. The second-order valence-corrected chi connectivity index (χ2v) is 5.98. The van der Waals surface area contributed by atoms with Crippen LogP contribution in [0.4, 0.5) is 0 Å². The van der Waals surface area contributed by atoms with Crippen molar-refractivity contribution in [1.82, 2.24) is 9.78 Å². The lowest BCUT2D eigenvalue weighted by molar-refractivity contribution is 0.155. The second-order valence-electron chi connectivity index (χ2n) is 4.63. The Morgan fingerprint density at radius 3 is 2.88 bits per heavy atom. The Morgan fingerprint density at radius 1 is 1.59 bits per heavy atom. The van der Waals surface area contributed by atoms with Gasteiger partial charge in [0.2, 0.25) is 0 Å². The highest BCUT2D eigenvalue weighted by atomic mass is 32.2. The predicted molar refractivity (Wildman–Crippen MR) is 69.6 cm³/mol. The molecule has 2 rings (SSSR count). The molecule has 0 spiro atoms. The zero-order valence-electron chi connectivity index (χ0n) is 10.6. The molecule has 1 aromatic rings. The van der Waals surface area contributed by atoms with Crippen molar-refractivity contribution in [3.05, 3.63) is 11.9 Å². The van der Waals surface area contributed by atoms with E-state index in [0.29, 0.717) is 5.75 Å². The first-order valence-electron chi connectivity index (χ1n) is 6.06. The molecule has 2 atom stereocenters. The fraction of sp³-hybridized carbons (Fsp3) is 0.750. The van der Waals surface area contributed by atoms with E-state index in [1.54, 1.807) is 13.3 Å². The quantitative estimate of drug-likeness (QED) is 0.898. The minimum Gasteiger partial charge on any atom is -0.493 e. The molecule has 0 bridgehead atoms. The van der Waals surface area contributed by atoms with Crippen molar-refractivity contribution in [3.8, 4) is 5.75 Å². The summed E-state index contributed by atoms with van der Waals surface area (Å²) in [5.41, 5.74) is 0.821. The van der Waals surface area contributed by atoms with E-state index >= 15 is 0 Å². The molecule has 96 valence electrons. The molecule has 0 amide bonds. The van der Waals surface area contributed by atoms with Gasteiger partial charge in [-0.05, 0) is 32.4 Å². The first-order valence-corrected chi connectivity index (χ1v) is 7.11. The molecule has 1 fully saturated rings. The summed E-state index contributed by atoms with van der Waals surface area (Å²) in [4.78, 5) is 0. The van der Waals surface area contributed by atoms with E-state index in [2.05, 4.69) is 18.9 Å². The van der Waals surface area contributed by atoms with Crippen LogP contribution in [0.1, 0.15) is 44.5 Å². The Morgan fingerprint density at radius 2 is 2.35 bits per heavy atom. The Kier molecular flexibility index (Phi) is 3.99. The summed E-state index contributed by atoms with van der Waals surface area (Å²) in [6, 6.07) is 0.231. The van der Waals surface area contributed by atoms with Gasteiger partial charge in [-0.1, -0.05) is 0 Å². The third-order valence-electron chi connectivity index (χ3n) is 3.10. The Labute approximate surface area is 106 Å². The smallest absolute Gasteiger partial charge is 0.162 e. The number of hydrogen-bond donors (Lipinski definition) is 1. The normalized spacial score (nSPS) is 22.1. The van der Waals surface area contributed by atoms with Gasteiger partial charge >= 0.3 is 0 Å². The second kappa shape index (κ2) is 5.31. The topological polar surface area (TPSA) is 47.3 Å². The largest absolute Gasteiger partial charge is 0.493 e. The fourth-order valence-corrected chi connectivity index (χ4v) is 3.51. The van der Waals surface area contributed by atoms with Gasteiger partial charge in [0.15, 0.2) is 5.75 Å². The molecule has 2 heterocycles. The van der Waals surface area contributed by atoms with Crippen LogP contribution in [0.15, 0.2) is 6.20 Å². The first kappa shape index (κ1) is 12.8. The van der Waals surface area contributed by atoms with Gasteiger partial charge in [0, 0.05) is 11.3 Å². The van der Waals surface area contributed by atoms with Gasteiger partial charge in [-0.15, -0.1) is 0 Å². The third kappa shape index (κ3) is 2.45. The molecule has 5 heteroatoms. The van der Waals surface area contributed by atoms with Gasteiger partial charge < -0.3 is 9.84 Å². The number of thioether (sulfide) groups is 1. The number of nitrogens with zero attached hydrogens (tertiary/aromatic N) is 2. The average molecular weight is 256 g/mol. The highest BCUT2D eigenvalue weighted by Gasteiger charge is 2.31. The van der Waals surface area contributed by atoms with Crippen LogP contribution in [0.5, 0.6) is 5.75 Å². The lowest BCUT2D eigenvalue weighted by Crippen LogP contribution is -2.19. The summed E-state index contributed by atoms with van der Waals surface area (Å²) in [5.74, 6) is 1.83. The number of rotatable bonds is 4. The van der Waals surface area contributed by atoms with Crippen LogP contribution in [-0.4, -0.2) is 33.0 Å². The summed E-state index contributed by atoms with van der Waals surface area (Å²) in [6.45, 7) is 4.12. The maximum absolute atomic E-state index is 10.5. The van der Waals surface area contributed by atoms with Crippen molar-refractivity contribution >= 4 is 11.8 Å². The van der Waals surface area contributed by atoms with Crippen LogP contribution in [0.2, 0.25) is 0 Å². The molecule has 0 radical (unpaired) electrons. The third-order valence-corrected chi connectivity index (χ3v) is 4.55. The summed E-state index contributed by atoms with van der Waals surface area (Å²) in [7, 11) is 1.62. The van der Waals surface area contributed by atoms with E-state index in [4.69, 9.17) is 4.74 Å². The van der Waals surface area contributed by atoms with Crippen LogP contribution < -0.4 is 4.74 Å². The van der Waals surface area contributed by atoms with Crippen LogP contribution in [0.25, 0.3) is 0 Å². The van der Waals surface area contributed by atoms with Crippen LogP contribution in [-0.2, 0) is 0 Å². The van der Waals surface area contributed by atoms with Crippen LogP contribution >= 0.6 is 11.8 Å². The molecule has 4 nitrogen and oxygen atoms in total. The van der Waals surface area contributed by atoms with E-state index in [1.807, 2.05) is 16.4 Å². The van der Waals surface area contributed by atoms with Gasteiger partial charge in [-0.3, -0.25) is 4.68 Å². The van der Waals surface area contributed by atoms with Crippen molar-refractivity contribution in [3.63, 3.8) is 0 Å². The number of methoxy groups -OCH3 is 1. The van der Waals surface area contributed by atoms with Crippen molar-refractivity contribution in [2.45, 2.75) is 44.1 Å². The minimum absolute atomic E-state index is 0.231. The van der Waals surface area contributed by atoms with Crippen molar-refractivity contribution in [2.75, 3.05) is 12.9 Å². The zero-order chi connectivity index (χ0) is 12.4. The number of ether oxygens (including phenoxy) is 1. The SMILES string of the molecule is COc1cnn(C(C)C)c1C(O)C1CCCS1. The van der Waals surface area contributed by atoms with E-state index in [-0.39, 0.29) is 11.3 Å². The number of aliphatic hydroxyl groups excluding tert-OH is 1. The fourth-order valence-electron chi connectivity index (χ4n) is 2.23. The van der Waals surface area contributed by atoms with Gasteiger partial charge in [-0.25, -0.2) is 0 Å². The molecular weight excluding hydrogens is 236 g/mol. The van der Waals surface area contributed by atoms with Crippen molar-refractivity contribution in [1.29, 1.82) is 0 Å². The lowest BCUT2D eigenvalue weighted by Gasteiger charge is -2.21.